The molecule has 56 heavy (non-hydrogen) atoms. The van der Waals surface area contributed by atoms with E-state index in [4.69, 9.17) is 14.2 Å². The highest BCUT2D eigenvalue weighted by molar-refractivity contribution is 5.70. The van der Waals surface area contributed by atoms with Crippen LogP contribution >= 0.6 is 0 Å². The van der Waals surface area contributed by atoms with Crippen LogP contribution in [0.25, 0.3) is 0 Å². The van der Waals surface area contributed by atoms with Gasteiger partial charge in [-0.1, -0.05) is 172 Å². The lowest BCUT2D eigenvalue weighted by molar-refractivity contribution is -0.889. The summed E-state index contributed by atoms with van der Waals surface area (Å²) in [4.78, 5) is 36.8. The minimum atomic E-state index is -1.12. The lowest BCUT2D eigenvalue weighted by Crippen LogP contribution is -2.55. The molecule has 0 fully saturated rings. The number of rotatable bonds is 41. The zero-order chi connectivity index (χ0) is 41.4. The SMILES string of the molecule is CC/C=C/C/C=C/C/C=C/CCCCCCCCCCCCCCCC(=O)OC(COCCC(C(=O)[O-])[N+](C)(C)C)COC(=O)CCCCCCCCCCC. The molecule has 0 aromatic rings. The van der Waals surface area contributed by atoms with E-state index in [1.54, 1.807) is 21.1 Å². The lowest BCUT2D eigenvalue weighted by Gasteiger charge is -2.34. The quantitative estimate of drug-likeness (QED) is 0.0263. The zero-order valence-electron chi connectivity index (χ0n) is 37.1. The summed E-state index contributed by atoms with van der Waals surface area (Å²) in [5.41, 5.74) is 0. The van der Waals surface area contributed by atoms with E-state index in [-0.39, 0.29) is 42.7 Å². The van der Waals surface area contributed by atoms with Gasteiger partial charge in [0.15, 0.2) is 6.10 Å². The Labute approximate surface area is 344 Å². The van der Waals surface area contributed by atoms with Crippen molar-refractivity contribution < 1.29 is 38.2 Å². The van der Waals surface area contributed by atoms with Crippen molar-refractivity contribution in [1.82, 2.24) is 0 Å². The van der Waals surface area contributed by atoms with Gasteiger partial charge in [-0.15, -0.1) is 0 Å². The fourth-order valence-corrected chi connectivity index (χ4v) is 6.73. The third-order valence-corrected chi connectivity index (χ3v) is 10.3. The van der Waals surface area contributed by atoms with Crippen LogP contribution in [-0.4, -0.2) is 75.5 Å². The Morgan fingerprint density at radius 1 is 0.554 bits per heavy atom. The van der Waals surface area contributed by atoms with Crippen LogP contribution in [-0.2, 0) is 28.6 Å². The van der Waals surface area contributed by atoms with Gasteiger partial charge >= 0.3 is 11.9 Å². The molecule has 0 aliphatic carbocycles. The van der Waals surface area contributed by atoms with Crippen molar-refractivity contribution in [3.63, 3.8) is 0 Å². The first kappa shape index (κ1) is 53.6. The molecule has 0 bridgehead atoms. The number of quaternary nitrogens is 1. The molecule has 0 aliphatic rings. The minimum Gasteiger partial charge on any atom is -0.544 e. The van der Waals surface area contributed by atoms with Crippen LogP contribution in [0.5, 0.6) is 0 Å². The van der Waals surface area contributed by atoms with E-state index in [9.17, 15) is 19.5 Å². The summed E-state index contributed by atoms with van der Waals surface area (Å²) in [6.07, 6.45) is 44.6. The van der Waals surface area contributed by atoms with Gasteiger partial charge < -0.3 is 28.6 Å². The number of carbonyl (C=O) groups excluding carboxylic acids is 3. The normalized spacial score (nSPS) is 13.2. The molecule has 0 amide bonds. The Morgan fingerprint density at radius 2 is 1.00 bits per heavy atom. The van der Waals surface area contributed by atoms with Crippen LogP contribution in [0.1, 0.15) is 200 Å². The van der Waals surface area contributed by atoms with Crippen LogP contribution in [0.3, 0.4) is 0 Å². The van der Waals surface area contributed by atoms with Crippen LogP contribution in [0, 0.1) is 0 Å². The predicted molar refractivity (Wildman–Crippen MR) is 231 cm³/mol. The van der Waals surface area contributed by atoms with Gasteiger partial charge in [0, 0.05) is 19.3 Å². The summed E-state index contributed by atoms with van der Waals surface area (Å²) >= 11 is 0. The second-order valence-electron chi connectivity index (χ2n) is 16.6. The number of carbonyl (C=O) groups is 3. The molecular formula is C48H87NO7. The largest absolute Gasteiger partial charge is 0.544 e. The third kappa shape index (κ3) is 37.1. The first-order chi connectivity index (χ1) is 27.1. The number of likely N-dealkylation sites (N-methyl/N-ethyl adjacent to an activating group) is 1. The Morgan fingerprint density at radius 3 is 1.48 bits per heavy atom. The molecule has 0 radical (unpaired) electrons. The van der Waals surface area contributed by atoms with Gasteiger partial charge in [-0.3, -0.25) is 9.59 Å². The molecule has 0 heterocycles. The van der Waals surface area contributed by atoms with Gasteiger partial charge in [0.25, 0.3) is 0 Å². The summed E-state index contributed by atoms with van der Waals surface area (Å²) in [7, 11) is 5.41. The van der Waals surface area contributed by atoms with Crippen LogP contribution in [0.15, 0.2) is 36.5 Å². The van der Waals surface area contributed by atoms with Gasteiger partial charge in [-0.25, -0.2) is 0 Å². The summed E-state index contributed by atoms with van der Waals surface area (Å²) in [6, 6.07) is -0.723. The predicted octanol–water partition coefficient (Wildman–Crippen LogP) is 11.3. The maximum Gasteiger partial charge on any atom is 0.306 e. The van der Waals surface area contributed by atoms with E-state index >= 15 is 0 Å². The van der Waals surface area contributed by atoms with E-state index in [2.05, 4.69) is 50.3 Å². The maximum atomic E-state index is 12.7. The third-order valence-electron chi connectivity index (χ3n) is 10.3. The molecule has 0 rings (SSSR count). The second-order valence-corrected chi connectivity index (χ2v) is 16.6. The number of carboxylic acid groups (broad SMARTS) is 1. The van der Waals surface area contributed by atoms with E-state index in [0.717, 1.165) is 57.8 Å². The molecule has 2 unspecified atom stereocenters. The van der Waals surface area contributed by atoms with Crippen molar-refractivity contribution in [3.8, 4) is 0 Å². The molecule has 0 aromatic heterocycles. The van der Waals surface area contributed by atoms with E-state index < -0.39 is 18.1 Å². The van der Waals surface area contributed by atoms with Crippen molar-refractivity contribution in [2.75, 3.05) is 41.0 Å². The summed E-state index contributed by atoms with van der Waals surface area (Å²) in [6.45, 7) is 4.54. The molecule has 0 aromatic carbocycles. The maximum absolute atomic E-state index is 12.7. The lowest BCUT2D eigenvalue weighted by atomic mass is 10.0. The summed E-state index contributed by atoms with van der Waals surface area (Å²) in [5, 5.41) is 11.6. The molecule has 8 heteroatoms. The van der Waals surface area contributed by atoms with Crippen molar-refractivity contribution in [1.29, 1.82) is 0 Å². The molecular weight excluding hydrogens is 703 g/mol. The molecule has 0 saturated heterocycles. The van der Waals surface area contributed by atoms with Gasteiger partial charge in [-0.2, -0.15) is 0 Å². The van der Waals surface area contributed by atoms with Crippen LogP contribution in [0.4, 0.5) is 0 Å². The standard InChI is InChI=1S/C48H87NO7/c1-6-8-10-12-14-16-17-18-19-20-21-22-23-24-25-26-27-28-29-31-33-35-37-39-47(51)56-44(42-54-41-40-45(48(52)53)49(3,4)5)43-55-46(50)38-36-34-32-30-15-13-11-9-7-2/h8,10,14,16,18-19,44-45H,6-7,9,11-13,15,17,20-43H2,1-5H3/b10-8+,16-14+,19-18+. The van der Waals surface area contributed by atoms with Gasteiger partial charge in [0.05, 0.1) is 40.3 Å². The first-order valence-electron chi connectivity index (χ1n) is 23.0. The molecule has 0 N–H and O–H groups in total. The van der Waals surface area contributed by atoms with Crippen LogP contribution in [0.2, 0.25) is 0 Å². The molecule has 0 spiro atoms. The molecule has 0 saturated carbocycles. The fourth-order valence-electron chi connectivity index (χ4n) is 6.73. The van der Waals surface area contributed by atoms with E-state index in [1.807, 2.05) is 0 Å². The van der Waals surface area contributed by atoms with E-state index in [0.29, 0.717) is 12.8 Å². The average molecular weight is 790 g/mol. The van der Waals surface area contributed by atoms with Crippen LogP contribution < -0.4 is 5.11 Å². The topological polar surface area (TPSA) is 102 Å². The number of esters is 2. The number of allylic oxidation sites excluding steroid dienone is 6. The Bertz CT molecular complexity index is 1020. The second kappa shape index (κ2) is 39.4. The number of ether oxygens (including phenoxy) is 3. The van der Waals surface area contributed by atoms with Crippen molar-refractivity contribution in [2.24, 2.45) is 0 Å². The number of hydrogen-bond acceptors (Lipinski definition) is 7. The van der Waals surface area contributed by atoms with Crippen molar-refractivity contribution >= 4 is 17.9 Å². The van der Waals surface area contributed by atoms with E-state index in [1.165, 1.54) is 109 Å². The average Bonchev–Trinajstić information content (AvgIpc) is 3.15. The summed E-state index contributed by atoms with van der Waals surface area (Å²) < 4.78 is 17.1. The molecule has 8 nitrogen and oxygen atoms in total. The Balaban J connectivity index is 4.17. The fraction of sp³-hybridized carbons (Fsp3) is 0.812. The number of hydrogen-bond donors (Lipinski definition) is 0. The molecule has 326 valence electrons. The van der Waals surface area contributed by atoms with Crippen molar-refractivity contribution in [2.45, 2.75) is 212 Å². The highest BCUT2D eigenvalue weighted by Gasteiger charge is 2.25. The first-order valence-corrected chi connectivity index (χ1v) is 23.0. The Kier molecular flexibility index (Phi) is 37.7. The zero-order valence-corrected chi connectivity index (χ0v) is 37.1. The summed E-state index contributed by atoms with van der Waals surface area (Å²) in [5.74, 6) is -1.73. The number of carboxylic acids is 1. The number of unbranched alkanes of at least 4 members (excludes halogenated alkanes) is 21. The highest BCUT2D eigenvalue weighted by atomic mass is 16.6. The molecule has 0 aliphatic heterocycles. The van der Waals surface area contributed by atoms with Crippen molar-refractivity contribution in [3.05, 3.63) is 36.5 Å². The monoisotopic (exact) mass is 790 g/mol. The highest BCUT2D eigenvalue weighted by Crippen LogP contribution is 2.15. The molecule has 2 atom stereocenters. The van der Waals surface area contributed by atoms with Gasteiger partial charge in [0.2, 0.25) is 0 Å². The minimum absolute atomic E-state index is 0.0433. The number of nitrogens with zero attached hydrogens (tertiary/aromatic N) is 1. The Hall–Kier alpha value is -2.45. The number of aliphatic carboxylic acids is 1. The smallest absolute Gasteiger partial charge is 0.306 e. The van der Waals surface area contributed by atoms with Gasteiger partial charge in [-0.05, 0) is 44.9 Å². The van der Waals surface area contributed by atoms with Gasteiger partial charge in [0.1, 0.15) is 12.6 Å².